The fourth-order valence-corrected chi connectivity index (χ4v) is 5.33. The van der Waals surface area contributed by atoms with E-state index in [1.165, 1.54) is 0 Å². The van der Waals surface area contributed by atoms with Crippen LogP contribution < -0.4 is 0 Å². The van der Waals surface area contributed by atoms with Crippen LogP contribution in [-0.4, -0.2) is 56.6 Å². The molecule has 0 N–H and O–H groups in total. The average molecular weight is 372 g/mol. The molecule has 6 heteroatoms. The van der Waals surface area contributed by atoms with Gasteiger partial charge in [-0.2, -0.15) is 4.31 Å². The van der Waals surface area contributed by atoms with Gasteiger partial charge in [-0.05, 0) is 30.3 Å². The van der Waals surface area contributed by atoms with Crippen molar-refractivity contribution in [2.24, 2.45) is 0 Å². The van der Waals surface area contributed by atoms with E-state index in [2.05, 4.69) is 11.9 Å². The van der Waals surface area contributed by atoms with E-state index in [4.69, 9.17) is 4.74 Å². The summed E-state index contributed by atoms with van der Waals surface area (Å²) in [6.07, 6.45) is 1.43. The van der Waals surface area contributed by atoms with Crippen molar-refractivity contribution < 1.29 is 13.2 Å². The van der Waals surface area contributed by atoms with E-state index >= 15 is 0 Å². The third kappa shape index (κ3) is 3.07. The lowest BCUT2D eigenvalue weighted by atomic mass is 10.0. The van der Waals surface area contributed by atoms with Crippen LogP contribution in [-0.2, 0) is 14.8 Å². The summed E-state index contributed by atoms with van der Waals surface area (Å²) in [6, 6.07) is 17.1. The van der Waals surface area contributed by atoms with E-state index in [-0.39, 0.29) is 5.72 Å². The van der Waals surface area contributed by atoms with Crippen LogP contribution in [0, 0.1) is 0 Å². The molecule has 138 valence electrons. The van der Waals surface area contributed by atoms with Gasteiger partial charge < -0.3 is 4.74 Å². The van der Waals surface area contributed by atoms with Crippen LogP contribution in [0.4, 0.5) is 0 Å². The van der Waals surface area contributed by atoms with Crippen molar-refractivity contribution in [2.75, 3.05) is 33.3 Å². The molecule has 0 aromatic heterocycles. The third-order valence-electron chi connectivity index (χ3n) is 5.60. The van der Waals surface area contributed by atoms with Gasteiger partial charge in [-0.1, -0.05) is 42.5 Å². The van der Waals surface area contributed by atoms with E-state index in [9.17, 15) is 8.42 Å². The molecule has 2 fully saturated rings. The molecule has 4 rings (SSSR count). The summed E-state index contributed by atoms with van der Waals surface area (Å²) >= 11 is 0. The highest BCUT2D eigenvalue weighted by molar-refractivity contribution is 7.89. The molecule has 2 aliphatic heterocycles. The summed E-state index contributed by atoms with van der Waals surface area (Å²) in [7, 11) is -1.41. The summed E-state index contributed by atoms with van der Waals surface area (Å²) in [6.45, 7) is 2.62. The summed E-state index contributed by atoms with van der Waals surface area (Å²) in [5.74, 6) is 0. The first kappa shape index (κ1) is 17.7. The van der Waals surface area contributed by atoms with Gasteiger partial charge >= 0.3 is 0 Å². The molecule has 0 saturated carbocycles. The van der Waals surface area contributed by atoms with Gasteiger partial charge in [0.1, 0.15) is 5.72 Å². The number of sulfonamides is 1. The molecule has 0 radical (unpaired) electrons. The Kier molecular flexibility index (Phi) is 4.61. The highest BCUT2D eigenvalue weighted by Crippen LogP contribution is 2.34. The molecule has 2 saturated heterocycles. The fraction of sp³-hybridized carbons (Fsp3) is 0.400. The van der Waals surface area contributed by atoms with Gasteiger partial charge in [-0.3, -0.25) is 4.90 Å². The SMILES string of the molecule is CN1CCOC12CCN(S(=O)(=O)c1ccc(-c3ccccc3)cc1)CC2. The molecule has 0 unspecified atom stereocenters. The van der Waals surface area contributed by atoms with Gasteiger partial charge in [0.25, 0.3) is 0 Å². The Morgan fingerprint density at radius 2 is 1.50 bits per heavy atom. The van der Waals surface area contributed by atoms with Gasteiger partial charge in [-0.15, -0.1) is 0 Å². The first-order valence-electron chi connectivity index (χ1n) is 9.02. The number of hydrogen-bond acceptors (Lipinski definition) is 4. The van der Waals surface area contributed by atoms with Crippen molar-refractivity contribution in [2.45, 2.75) is 23.5 Å². The predicted molar refractivity (Wildman–Crippen MR) is 101 cm³/mol. The van der Waals surface area contributed by atoms with E-state index < -0.39 is 10.0 Å². The number of likely N-dealkylation sites (N-methyl/N-ethyl adjacent to an activating group) is 1. The normalized spacial score (nSPS) is 21.3. The van der Waals surface area contributed by atoms with Crippen LogP contribution in [0.5, 0.6) is 0 Å². The van der Waals surface area contributed by atoms with Gasteiger partial charge in [0.2, 0.25) is 10.0 Å². The molecular weight excluding hydrogens is 348 g/mol. The second kappa shape index (κ2) is 6.78. The first-order valence-corrected chi connectivity index (χ1v) is 10.5. The zero-order chi connectivity index (χ0) is 18.2. The van der Waals surface area contributed by atoms with Gasteiger partial charge in [0, 0.05) is 32.5 Å². The average Bonchev–Trinajstić information content (AvgIpc) is 3.03. The van der Waals surface area contributed by atoms with Crippen LogP contribution in [0.15, 0.2) is 59.5 Å². The number of rotatable bonds is 3. The molecule has 2 aliphatic rings. The monoisotopic (exact) mass is 372 g/mol. The van der Waals surface area contributed by atoms with E-state index in [0.29, 0.717) is 30.8 Å². The Morgan fingerprint density at radius 3 is 2.08 bits per heavy atom. The Balaban J connectivity index is 1.50. The van der Waals surface area contributed by atoms with E-state index in [1.807, 2.05) is 42.5 Å². The standard InChI is InChI=1S/C20H24N2O3S/c1-21-15-16-25-20(21)11-13-22(14-12-20)26(23,24)19-9-7-18(8-10-19)17-5-3-2-4-6-17/h2-10H,11-16H2,1H3. The molecule has 5 nitrogen and oxygen atoms in total. The maximum atomic E-state index is 13.0. The second-order valence-electron chi connectivity index (χ2n) is 7.01. The molecule has 26 heavy (non-hydrogen) atoms. The van der Waals surface area contributed by atoms with Crippen molar-refractivity contribution in [1.29, 1.82) is 0 Å². The highest BCUT2D eigenvalue weighted by Gasteiger charge is 2.44. The molecule has 0 atom stereocenters. The van der Waals surface area contributed by atoms with Crippen molar-refractivity contribution >= 4 is 10.0 Å². The first-order chi connectivity index (χ1) is 12.5. The largest absolute Gasteiger partial charge is 0.359 e. The van der Waals surface area contributed by atoms with Gasteiger partial charge in [0.05, 0.1) is 11.5 Å². The molecule has 0 bridgehead atoms. The topological polar surface area (TPSA) is 49.9 Å². The molecule has 2 heterocycles. The van der Waals surface area contributed by atoms with Crippen molar-refractivity contribution in [1.82, 2.24) is 9.21 Å². The van der Waals surface area contributed by atoms with Crippen molar-refractivity contribution in [3.05, 3.63) is 54.6 Å². The molecule has 0 amide bonds. The highest BCUT2D eigenvalue weighted by atomic mass is 32.2. The molecule has 1 spiro atoms. The Labute approximate surface area is 155 Å². The Bertz CT molecular complexity index is 858. The molecular formula is C20H24N2O3S. The quantitative estimate of drug-likeness (QED) is 0.831. The lowest BCUT2D eigenvalue weighted by Gasteiger charge is -2.41. The Hall–Kier alpha value is -1.73. The van der Waals surface area contributed by atoms with Crippen LogP contribution >= 0.6 is 0 Å². The molecule has 0 aliphatic carbocycles. The lowest BCUT2D eigenvalue weighted by molar-refractivity contribution is -0.102. The summed E-state index contributed by atoms with van der Waals surface area (Å²) in [5.41, 5.74) is 1.82. The van der Waals surface area contributed by atoms with E-state index in [0.717, 1.165) is 24.3 Å². The molecule has 2 aromatic rings. The van der Waals surface area contributed by atoms with Crippen LogP contribution in [0.1, 0.15) is 12.8 Å². The van der Waals surface area contributed by atoms with Crippen molar-refractivity contribution in [3.8, 4) is 11.1 Å². The summed E-state index contributed by atoms with van der Waals surface area (Å²) in [5, 5.41) is 0. The maximum Gasteiger partial charge on any atom is 0.243 e. The fourth-order valence-electron chi connectivity index (χ4n) is 3.89. The zero-order valence-electron chi connectivity index (χ0n) is 15.0. The lowest BCUT2D eigenvalue weighted by Crippen LogP contribution is -2.52. The van der Waals surface area contributed by atoms with Gasteiger partial charge in [0.15, 0.2) is 0 Å². The minimum absolute atomic E-state index is 0.275. The van der Waals surface area contributed by atoms with Crippen LogP contribution in [0.3, 0.4) is 0 Å². The minimum Gasteiger partial charge on any atom is -0.359 e. The summed E-state index contributed by atoms with van der Waals surface area (Å²) < 4.78 is 33.5. The number of ether oxygens (including phenoxy) is 1. The second-order valence-corrected chi connectivity index (χ2v) is 8.95. The van der Waals surface area contributed by atoms with Crippen molar-refractivity contribution in [3.63, 3.8) is 0 Å². The number of benzene rings is 2. The minimum atomic E-state index is -3.47. The summed E-state index contributed by atoms with van der Waals surface area (Å²) in [4.78, 5) is 2.57. The smallest absolute Gasteiger partial charge is 0.243 e. The van der Waals surface area contributed by atoms with Gasteiger partial charge in [-0.25, -0.2) is 8.42 Å². The predicted octanol–water partition coefficient (Wildman–Crippen LogP) is 2.80. The maximum absolute atomic E-state index is 13.0. The molecule has 2 aromatic carbocycles. The van der Waals surface area contributed by atoms with Crippen LogP contribution in [0.25, 0.3) is 11.1 Å². The van der Waals surface area contributed by atoms with Crippen LogP contribution in [0.2, 0.25) is 0 Å². The zero-order valence-corrected chi connectivity index (χ0v) is 15.8. The number of piperidine rings is 1. The van der Waals surface area contributed by atoms with E-state index in [1.54, 1.807) is 16.4 Å². The Morgan fingerprint density at radius 1 is 0.885 bits per heavy atom. The number of nitrogens with zero attached hydrogens (tertiary/aromatic N) is 2. The number of hydrogen-bond donors (Lipinski definition) is 0. The third-order valence-corrected chi connectivity index (χ3v) is 7.51.